The Balaban J connectivity index is 0.000000980. The van der Waals surface area contributed by atoms with Crippen molar-refractivity contribution < 1.29 is 23.7 Å². The van der Waals surface area contributed by atoms with E-state index in [1.54, 1.807) is 0 Å². The third kappa shape index (κ3) is 1.76. The van der Waals surface area contributed by atoms with Gasteiger partial charge in [0.25, 0.3) is 0 Å². The average molecular weight is 231 g/mol. The molecule has 0 aliphatic heterocycles. The van der Waals surface area contributed by atoms with E-state index in [2.05, 4.69) is 16.6 Å². The van der Waals surface area contributed by atoms with Crippen molar-refractivity contribution >= 4 is 0 Å². The standard InChI is InChI=1S/C10H16N2O.V/c1-7-11-10-8(6-13)4-3-5-9(10)12(7)2;/h8,13H,3-6H2,1-2H3;. The predicted molar refractivity (Wildman–Crippen MR) is 50.7 cm³/mol. The van der Waals surface area contributed by atoms with E-state index < -0.39 is 0 Å². The first-order valence-electron chi connectivity index (χ1n) is 4.87. The van der Waals surface area contributed by atoms with Crippen LogP contribution in [0.15, 0.2) is 0 Å². The number of aryl methyl sites for hydroxylation is 1. The molecule has 0 saturated carbocycles. The molecule has 1 aliphatic rings. The molecular weight excluding hydrogens is 215 g/mol. The topological polar surface area (TPSA) is 38.0 Å². The van der Waals surface area contributed by atoms with Gasteiger partial charge in [-0.25, -0.2) is 4.98 Å². The minimum Gasteiger partial charge on any atom is -0.396 e. The molecule has 0 saturated heterocycles. The molecule has 77 valence electrons. The van der Waals surface area contributed by atoms with E-state index in [4.69, 9.17) is 0 Å². The van der Waals surface area contributed by atoms with Gasteiger partial charge in [-0.2, -0.15) is 0 Å². The van der Waals surface area contributed by atoms with E-state index in [-0.39, 0.29) is 31.1 Å². The molecule has 1 aliphatic carbocycles. The number of imidazole rings is 1. The van der Waals surface area contributed by atoms with Crippen molar-refractivity contribution in [3.63, 3.8) is 0 Å². The van der Waals surface area contributed by atoms with Crippen LogP contribution in [0.1, 0.15) is 36.0 Å². The molecule has 0 fully saturated rings. The number of hydrogen-bond acceptors (Lipinski definition) is 2. The third-order valence-corrected chi connectivity index (χ3v) is 3.04. The first-order valence-corrected chi connectivity index (χ1v) is 4.87. The minimum atomic E-state index is 0. The Morgan fingerprint density at radius 1 is 1.57 bits per heavy atom. The monoisotopic (exact) mass is 231 g/mol. The van der Waals surface area contributed by atoms with Crippen LogP contribution in [0.25, 0.3) is 0 Å². The van der Waals surface area contributed by atoms with Gasteiger partial charge < -0.3 is 9.67 Å². The van der Waals surface area contributed by atoms with Crippen molar-refractivity contribution in [1.29, 1.82) is 0 Å². The van der Waals surface area contributed by atoms with Crippen molar-refractivity contribution in [1.82, 2.24) is 9.55 Å². The molecule has 1 N–H and O–H groups in total. The van der Waals surface area contributed by atoms with Crippen LogP contribution in [0.4, 0.5) is 0 Å². The van der Waals surface area contributed by atoms with E-state index in [1.165, 1.54) is 12.1 Å². The molecule has 14 heavy (non-hydrogen) atoms. The number of aromatic nitrogens is 2. The first kappa shape index (κ1) is 11.8. The molecule has 0 spiro atoms. The van der Waals surface area contributed by atoms with Crippen LogP contribution < -0.4 is 0 Å². The summed E-state index contributed by atoms with van der Waals surface area (Å²) in [7, 11) is 2.06. The molecule has 0 amide bonds. The fourth-order valence-electron chi connectivity index (χ4n) is 2.13. The van der Waals surface area contributed by atoms with Crippen molar-refractivity contribution in [3.8, 4) is 0 Å². The Bertz CT molecular complexity index is 322. The predicted octanol–water partition coefficient (Wildman–Crippen LogP) is 1.14. The Hall–Kier alpha value is -0.246. The van der Waals surface area contributed by atoms with E-state index in [1.807, 2.05) is 6.92 Å². The molecule has 1 heterocycles. The van der Waals surface area contributed by atoms with Gasteiger partial charge >= 0.3 is 0 Å². The molecule has 3 nitrogen and oxygen atoms in total. The summed E-state index contributed by atoms with van der Waals surface area (Å²) >= 11 is 0. The van der Waals surface area contributed by atoms with Gasteiger partial charge in [-0.3, -0.25) is 0 Å². The number of hydrogen-bond donors (Lipinski definition) is 1. The van der Waals surface area contributed by atoms with Crippen molar-refractivity contribution in [2.24, 2.45) is 7.05 Å². The zero-order chi connectivity index (χ0) is 9.42. The van der Waals surface area contributed by atoms with E-state index in [0.717, 1.165) is 24.4 Å². The molecule has 1 aromatic rings. The number of aliphatic hydroxyl groups excluding tert-OH is 1. The summed E-state index contributed by atoms with van der Waals surface area (Å²) in [4.78, 5) is 4.51. The number of rotatable bonds is 1. The van der Waals surface area contributed by atoms with Gasteiger partial charge in [-0.15, -0.1) is 0 Å². The fraction of sp³-hybridized carbons (Fsp3) is 0.700. The van der Waals surface area contributed by atoms with E-state index in [9.17, 15) is 5.11 Å². The summed E-state index contributed by atoms with van der Waals surface area (Å²) in [6.07, 6.45) is 3.38. The number of nitrogens with zero attached hydrogens (tertiary/aromatic N) is 2. The Labute approximate surface area is 96.4 Å². The molecule has 2 rings (SSSR count). The van der Waals surface area contributed by atoms with Gasteiger partial charge in [0.2, 0.25) is 0 Å². The second kappa shape index (κ2) is 4.52. The molecule has 1 unspecified atom stereocenters. The fourth-order valence-corrected chi connectivity index (χ4v) is 2.13. The molecule has 0 aromatic carbocycles. The molecule has 0 bridgehead atoms. The van der Waals surface area contributed by atoms with Gasteiger partial charge in [0.05, 0.1) is 12.3 Å². The van der Waals surface area contributed by atoms with E-state index in [0.29, 0.717) is 0 Å². The summed E-state index contributed by atoms with van der Waals surface area (Å²) in [5, 5.41) is 9.19. The SMILES string of the molecule is Cc1nc2c(n1C)CCCC2CO.[V]. The molecule has 4 heteroatoms. The van der Waals surface area contributed by atoms with Crippen molar-refractivity contribution in [2.45, 2.75) is 32.1 Å². The van der Waals surface area contributed by atoms with Gasteiger partial charge in [0.15, 0.2) is 0 Å². The van der Waals surface area contributed by atoms with Gasteiger partial charge in [0, 0.05) is 37.2 Å². The Kier molecular flexibility index (Phi) is 3.81. The van der Waals surface area contributed by atoms with Crippen LogP contribution >= 0.6 is 0 Å². The quantitative estimate of drug-likeness (QED) is 0.787. The maximum Gasteiger partial charge on any atom is 0.105 e. The summed E-state index contributed by atoms with van der Waals surface area (Å²) in [5.41, 5.74) is 2.46. The summed E-state index contributed by atoms with van der Waals surface area (Å²) in [6.45, 7) is 2.26. The Morgan fingerprint density at radius 3 is 2.93 bits per heavy atom. The van der Waals surface area contributed by atoms with Crippen LogP contribution in [-0.4, -0.2) is 21.3 Å². The maximum atomic E-state index is 9.19. The van der Waals surface area contributed by atoms with Crippen molar-refractivity contribution in [2.75, 3.05) is 6.61 Å². The smallest absolute Gasteiger partial charge is 0.105 e. The summed E-state index contributed by atoms with van der Waals surface area (Å²) in [6, 6.07) is 0. The van der Waals surface area contributed by atoms with Gasteiger partial charge in [0.1, 0.15) is 5.82 Å². The zero-order valence-corrected chi connectivity index (χ0v) is 10.1. The van der Waals surface area contributed by atoms with Crippen LogP contribution in [0, 0.1) is 6.92 Å². The molecule has 1 atom stereocenters. The van der Waals surface area contributed by atoms with E-state index >= 15 is 0 Å². The average Bonchev–Trinajstić information content (AvgIpc) is 2.43. The minimum absolute atomic E-state index is 0. The largest absolute Gasteiger partial charge is 0.396 e. The van der Waals surface area contributed by atoms with Crippen LogP contribution in [0.2, 0.25) is 0 Å². The summed E-state index contributed by atoms with van der Waals surface area (Å²) < 4.78 is 2.15. The summed E-state index contributed by atoms with van der Waals surface area (Å²) in [5.74, 6) is 1.34. The number of aliphatic hydroxyl groups is 1. The number of fused-ring (bicyclic) bond motifs is 1. The normalized spacial score (nSPS) is 20.1. The van der Waals surface area contributed by atoms with Crippen LogP contribution in [0.5, 0.6) is 0 Å². The first-order chi connectivity index (χ1) is 6.24. The van der Waals surface area contributed by atoms with Gasteiger partial charge in [-0.05, 0) is 26.2 Å². The zero-order valence-electron chi connectivity index (χ0n) is 8.69. The molecular formula is C10H16N2OV. The molecule has 1 radical (unpaired) electrons. The third-order valence-electron chi connectivity index (χ3n) is 3.04. The van der Waals surface area contributed by atoms with Crippen molar-refractivity contribution in [3.05, 3.63) is 17.2 Å². The van der Waals surface area contributed by atoms with Crippen LogP contribution in [0.3, 0.4) is 0 Å². The maximum absolute atomic E-state index is 9.19. The second-order valence-corrected chi connectivity index (χ2v) is 3.82. The van der Waals surface area contributed by atoms with Gasteiger partial charge in [-0.1, -0.05) is 0 Å². The molecule has 1 aromatic heterocycles. The Morgan fingerprint density at radius 2 is 2.29 bits per heavy atom. The second-order valence-electron chi connectivity index (χ2n) is 3.82. The van der Waals surface area contributed by atoms with Crippen LogP contribution in [-0.2, 0) is 32.0 Å².